The number of likely N-dealkylation sites (tertiary alicyclic amines) is 1. The van der Waals surface area contributed by atoms with Crippen LogP contribution in [0.1, 0.15) is 54.4 Å². The van der Waals surface area contributed by atoms with Crippen molar-refractivity contribution in [1.29, 1.82) is 0 Å². The molecule has 1 unspecified atom stereocenters. The summed E-state index contributed by atoms with van der Waals surface area (Å²) >= 11 is 0. The molecule has 1 aliphatic rings. The summed E-state index contributed by atoms with van der Waals surface area (Å²) in [6.07, 6.45) is -0.146. The number of amides is 2. The van der Waals surface area contributed by atoms with Crippen LogP contribution in [-0.2, 0) is 19.1 Å². The number of ether oxygens (including phenoxy) is 2. The summed E-state index contributed by atoms with van der Waals surface area (Å²) < 4.78 is 10.6. The highest BCUT2D eigenvalue weighted by Crippen LogP contribution is 2.21. The lowest BCUT2D eigenvalue weighted by Gasteiger charge is -2.32. The van der Waals surface area contributed by atoms with Crippen LogP contribution in [0.25, 0.3) is 0 Å². The molecule has 1 rings (SSSR count). The summed E-state index contributed by atoms with van der Waals surface area (Å²) in [5, 5.41) is 2.75. The summed E-state index contributed by atoms with van der Waals surface area (Å²) in [6.45, 7) is 12.5. The molecule has 0 aromatic rings. The number of rotatable bonds is 5. The fraction of sp³-hybridized carbons (Fsp3) is 0.833. The summed E-state index contributed by atoms with van der Waals surface area (Å²) in [6, 6.07) is 0. The number of carbonyl (C=O) groups is 3. The van der Waals surface area contributed by atoms with Crippen molar-refractivity contribution < 1.29 is 23.9 Å². The molecule has 0 aromatic carbocycles. The number of carbonyl (C=O) groups excluding carboxylic acids is 3. The Balaban J connectivity index is 2.40. The molecule has 2 amide bonds. The number of esters is 1. The van der Waals surface area contributed by atoms with E-state index < -0.39 is 11.7 Å². The third-order valence-electron chi connectivity index (χ3n) is 3.83. The first kappa shape index (κ1) is 21.3. The van der Waals surface area contributed by atoms with E-state index in [4.69, 9.17) is 9.47 Å². The molecule has 1 fully saturated rings. The van der Waals surface area contributed by atoms with Crippen LogP contribution in [0.15, 0.2) is 0 Å². The molecule has 0 bridgehead atoms. The Hall–Kier alpha value is -1.79. The number of nitrogens with zero attached hydrogens (tertiary/aromatic N) is 1. The van der Waals surface area contributed by atoms with Crippen LogP contribution < -0.4 is 5.32 Å². The van der Waals surface area contributed by atoms with Gasteiger partial charge in [-0.1, -0.05) is 13.8 Å². The standard InChI is InChI=1S/C18H32N2O5/c1-12(2)11-19-15(21)13(3)24-16(22)14-7-9-20(10-8-14)17(23)25-18(4,5)6/h12-14H,7-11H2,1-6H3,(H,19,21). The zero-order valence-electron chi connectivity index (χ0n) is 16.3. The van der Waals surface area contributed by atoms with Gasteiger partial charge in [-0.25, -0.2) is 4.79 Å². The van der Waals surface area contributed by atoms with Gasteiger partial charge in [0.05, 0.1) is 5.92 Å². The molecule has 7 nitrogen and oxygen atoms in total. The van der Waals surface area contributed by atoms with Gasteiger partial charge in [-0.05, 0) is 46.5 Å². The first-order valence-corrected chi connectivity index (χ1v) is 8.95. The number of nitrogens with one attached hydrogen (secondary N) is 1. The maximum absolute atomic E-state index is 12.2. The Morgan fingerprint density at radius 3 is 2.16 bits per heavy atom. The smallest absolute Gasteiger partial charge is 0.410 e. The Morgan fingerprint density at radius 1 is 1.12 bits per heavy atom. The van der Waals surface area contributed by atoms with Crippen LogP contribution in [0.5, 0.6) is 0 Å². The van der Waals surface area contributed by atoms with Crippen molar-refractivity contribution in [1.82, 2.24) is 10.2 Å². The van der Waals surface area contributed by atoms with Crippen molar-refractivity contribution in [3.63, 3.8) is 0 Å². The molecule has 144 valence electrons. The minimum absolute atomic E-state index is 0.284. The normalized spacial score (nSPS) is 17.2. The van der Waals surface area contributed by atoms with Crippen molar-refractivity contribution in [2.45, 2.75) is 66.1 Å². The Labute approximate surface area is 150 Å². The van der Waals surface area contributed by atoms with Crippen molar-refractivity contribution in [3.8, 4) is 0 Å². The maximum atomic E-state index is 12.2. The lowest BCUT2D eigenvalue weighted by atomic mass is 9.97. The highest BCUT2D eigenvalue weighted by Gasteiger charge is 2.32. The van der Waals surface area contributed by atoms with Crippen molar-refractivity contribution >= 4 is 18.0 Å². The van der Waals surface area contributed by atoms with Gasteiger partial charge in [0.1, 0.15) is 5.60 Å². The van der Waals surface area contributed by atoms with Crippen LogP contribution in [0.2, 0.25) is 0 Å². The van der Waals surface area contributed by atoms with E-state index in [1.54, 1.807) is 11.8 Å². The number of hydrogen-bond acceptors (Lipinski definition) is 5. The van der Waals surface area contributed by atoms with Gasteiger partial charge in [0.25, 0.3) is 5.91 Å². The highest BCUT2D eigenvalue weighted by molar-refractivity contribution is 5.84. The van der Waals surface area contributed by atoms with Gasteiger partial charge in [0.2, 0.25) is 0 Å². The van der Waals surface area contributed by atoms with E-state index in [1.165, 1.54) is 0 Å². The van der Waals surface area contributed by atoms with Gasteiger partial charge in [-0.2, -0.15) is 0 Å². The van der Waals surface area contributed by atoms with E-state index in [9.17, 15) is 14.4 Å². The quantitative estimate of drug-likeness (QED) is 0.764. The van der Waals surface area contributed by atoms with Gasteiger partial charge in [-0.3, -0.25) is 9.59 Å². The number of piperidine rings is 1. The SMILES string of the molecule is CC(C)CNC(=O)C(C)OC(=O)C1CCN(C(=O)OC(C)(C)C)CC1. The summed E-state index contributed by atoms with van der Waals surface area (Å²) in [5.41, 5.74) is -0.536. The summed E-state index contributed by atoms with van der Waals surface area (Å²) in [5.74, 6) is -0.618. The predicted molar refractivity (Wildman–Crippen MR) is 93.9 cm³/mol. The van der Waals surface area contributed by atoms with Crippen LogP contribution in [0.4, 0.5) is 4.79 Å². The van der Waals surface area contributed by atoms with Gasteiger partial charge >= 0.3 is 12.1 Å². The number of hydrogen-bond donors (Lipinski definition) is 1. The van der Waals surface area contributed by atoms with Crippen LogP contribution >= 0.6 is 0 Å². The molecular weight excluding hydrogens is 324 g/mol. The third kappa shape index (κ3) is 7.75. The Kier molecular flexibility index (Phi) is 7.70. The molecule has 0 saturated carbocycles. The van der Waals surface area contributed by atoms with Crippen molar-refractivity contribution in [2.24, 2.45) is 11.8 Å². The molecule has 0 radical (unpaired) electrons. The lowest BCUT2D eigenvalue weighted by Crippen LogP contribution is -2.44. The molecule has 1 atom stereocenters. The average Bonchev–Trinajstić information content (AvgIpc) is 2.50. The van der Waals surface area contributed by atoms with Gasteiger partial charge < -0.3 is 19.7 Å². The molecule has 0 aliphatic carbocycles. The minimum atomic E-state index is -0.810. The molecule has 0 aromatic heterocycles. The van der Waals surface area contributed by atoms with Gasteiger partial charge in [0, 0.05) is 19.6 Å². The molecule has 1 heterocycles. The monoisotopic (exact) mass is 356 g/mol. The second kappa shape index (κ2) is 9.06. The maximum Gasteiger partial charge on any atom is 0.410 e. The van der Waals surface area contributed by atoms with E-state index in [2.05, 4.69) is 5.32 Å². The second-order valence-electron chi connectivity index (χ2n) is 7.96. The Morgan fingerprint density at radius 2 is 1.68 bits per heavy atom. The Bertz CT molecular complexity index is 476. The fourth-order valence-corrected chi connectivity index (χ4v) is 2.40. The van der Waals surface area contributed by atoms with E-state index in [-0.39, 0.29) is 23.9 Å². The van der Waals surface area contributed by atoms with Crippen LogP contribution in [0.3, 0.4) is 0 Å². The predicted octanol–water partition coefficient (Wildman–Crippen LogP) is 2.34. The molecule has 7 heteroatoms. The summed E-state index contributed by atoms with van der Waals surface area (Å²) in [4.78, 5) is 37.7. The first-order valence-electron chi connectivity index (χ1n) is 8.95. The first-order chi connectivity index (χ1) is 11.5. The molecule has 0 spiro atoms. The zero-order valence-corrected chi connectivity index (χ0v) is 16.3. The largest absolute Gasteiger partial charge is 0.452 e. The molecular formula is C18H32N2O5. The molecule has 1 saturated heterocycles. The minimum Gasteiger partial charge on any atom is -0.452 e. The second-order valence-corrected chi connectivity index (χ2v) is 7.96. The third-order valence-corrected chi connectivity index (χ3v) is 3.83. The van der Waals surface area contributed by atoms with Crippen molar-refractivity contribution in [2.75, 3.05) is 19.6 Å². The average molecular weight is 356 g/mol. The van der Waals surface area contributed by atoms with E-state index in [0.717, 1.165) is 0 Å². The van der Waals surface area contributed by atoms with Gasteiger partial charge in [-0.15, -0.1) is 0 Å². The summed E-state index contributed by atoms with van der Waals surface area (Å²) in [7, 11) is 0. The molecule has 1 aliphatic heterocycles. The van der Waals surface area contributed by atoms with Crippen molar-refractivity contribution in [3.05, 3.63) is 0 Å². The van der Waals surface area contributed by atoms with Gasteiger partial charge in [0.15, 0.2) is 6.10 Å². The van der Waals surface area contributed by atoms with E-state index in [0.29, 0.717) is 38.4 Å². The van der Waals surface area contributed by atoms with Crippen LogP contribution in [0, 0.1) is 11.8 Å². The van der Waals surface area contributed by atoms with E-state index in [1.807, 2.05) is 34.6 Å². The van der Waals surface area contributed by atoms with E-state index >= 15 is 0 Å². The molecule has 25 heavy (non-hydrogen) atoms. The zero-order chi connectivity index (χ0) is 19.2. The lowest BCUT2D eigenvalue weighted by molar-refractivity contribution is -0.160. The topological polar surface area (TPSA) is 84.9 Å². The van der Waals surface area contributed by atoms with Crippen LogP contribution in [-0.4, -0.2) is 54.2 Å². The molecule has 1 N–H and O–H groups in total. The highest BCUT2D eigenvalue weighted by atomic mass is 16.6. The fourth-order valence-electron chi connectivity index (χ4n) is 2.40.